The van der Waals surface area contributed by atoms with E-state index in [9.17, 15) is 4.79 Å². The minimum absolute atomic E-state index is 0.171. The van der Waals surface area contributed by atoms with Gasteiger partial charge in [0.25, 0.3) is 5.91 Å². The summed E-state index contributed by atoms with van der Waals surface area (Å²) in [6.45, 7) is 4.03. The highest BCUT2D eigenvalue weighted by Gasteiger charge is 2.20. The number of rotatable bonds is 7. The zero-order chi connectivity index (χ0) is 17.6. The molecule has 0 saturated heterocycles. The number of hydrogen-bond acceptors (Lipinski definition) is 6. The van der Waals surface area contributed by atoms with Crippen molar-refractivity contribution in [2.24, 2.45) is 0 Å². The SMILES string of the molecule is CC[C@@H](Oc1ccccc1C)C(=O)NCc1nc(-c2cccs2)no1. The molecule has 1 atom stereocenters. The molecule has 3 rings (SSSR count). The normalized spacial score (nSPS) is 11.9. The molecular weight excluding hydrogens is 338 g/mol. The Bertz CT molecular complexity index is 830. The Hall–Kier alpha value is -2.67. The number of hydrogen-bond donors (Lipinski definition) is 1. The van der Waals surface area contributed by atoms with Gasteiger partial charge in [0, 0.05) is 0 Å². The molecule has 7 heteroatoms. The number of aryl methyl sites for hydroxylation is 1. The van der Waals surface area contributed by atoms with Crippen LogP contribution in [0, 0.1) is 6.92 Å². The number of amides is 1. The van der Waals surface area contributed by atoms with E-state index in [4.69, 9.17) is 9.26 Å². The minimum Gasteiger partial charge on any atom is -0.480 e. The maximum atomic E-state index is 12.4. The lowest BCUT2D eigenvalue weighted by Crippen LogP contribution is -2.37. The van der Waals surface area contributed by atoms with Crippen LogP contribution in [-0.2, 0) is 11.3 Å². The third-order valence-corrected chi connectivity index (χ3v) is 4.52. The first kappa shape index (κ1) is 17.2. The van der Waals surface area contributed by atoms with Crippen LogP contribution in [0.4, 0.5) is 0 Å². The van der Waals surface area contributed by atoms with Gasteiger partial charge in [0.05, 0.1) is 11.4 Å². The average Bonchev–Trinajstić information content (AvgIpc) is 3.30. The van der Waals surface area contributed by atoms with Crippen molar-refractivity contribution < 1.29 is 14.1 Å². The van der Waals surface area contributed by atoms with Crippen LogP contribution in [0.15, 0.2) is 46.3 Å². The second-order valence-corrected chi connectivity index (χ2v) is 6.43. The molecule has 25 heavy (non-hydrogen) atoms. The first-order valence-corrected chi connectivity index (χ1v) is 8.91. The minimum atomic E-state index is -0.569. The standard InChI is InChI=1S/C18H19N3O3S/c1-3-13(23-14-8-5-4-7-12(14)2)18(22)19-11-16-20-17(21-24-16)15-9-6-10-25-15/h4-10,13H,3,11H2,1-2H3,(H,19,22)/t13-/m1/s1. The number of aromatic nitrogens is 2. The monoisotopic (exact) mass is 357 g/mol. The number of carbonyl (C=O) groups is 1. The highest BCUT2D eigenvalue weighted by atomic mass is 32.1. The topological polar surface area (TPSA) is 77.2 Å². The smallest absolute Gasteiger partial charge is 0.261 e. The molecule has 0 unspecified atom stereocenters. The van der Waals surface area contributed by atoms with Gasteiger partial charge in [-0.05, 0) is 36.4 Å². The van der Waals surface area contributed by atoms with E-state index in [0.717, 1.165) is 10.4 Å². The van der Waals surface area contributed by atoms with Crippen LogP contribution in [0.3, 0.4) is 0 Å². The van der Waals surface area contributed by atoms with Crippen LogP contribution in [0.5, 0.6) is 5.75 Å². The lowest BCUT2D eigenvalue weighted by atomic mass is 10.2. The predicted octanol–water partition coefficient (Wildman–Crippen LogP) is 3.58. The molecular formula is C18H19N3O3S. The van der Waals surface area contributed by atoms with E-state index in [-0.39, 0.29) is 12.5 Å². The summed E-state index contributed by atoms with van der Waals surface area (Å²) in [7, 11) is 0. The summed E-state index contributed by atoms with van der Waals surface area (Å²) in [5, 5.41) is 8.66. The number of benzene rings is 1. The molecule has 0 radical (unpaired) electrons. The molecule has 0 aliphatic carbocycles. The van der Waals surface area contributed by atoms with Gasteiger partial charge in [-0.1, -0.05) is 36.3 Å². The Morgan fingerprint density at radius 3 is 2.88 bits per heavy atom. The molecule has 6 nitrogen and oxygen atoms in total. The quantitative estimate of drug-likeness (QED) is 0.699. The lowest BCUT2D eigenvalue weighted by Gasteiger charge is -2.18. The molecule has 130 valence electrons. The van der Waals surface area contributed by atoms with Crippen molar-refractivity contribution in [3.8, 4) is 16.5 Å². The fourth-order valence-electron chi connectivity index (χ4n) is 2.27. The van der Waals surface area contributed by atoms with Gasteiger partial charge in [-0.2, -0.15) is 4.98 Å². The lowest BCUT2D eigenvalue weighted by molar-refractivity contribution is -0.128. The number of nitrogens with one attached hydrogen (secondary N) is 1. The van der Waals surface area contributed by atoms with Crippen LogP contribution in [0.1, 0.15) is 24.8 Å². The van der Waals surface area contributed by atoms with E-state index >= 15 is 0 Å². The fourth-order valence-corrected chi connectivity index (χ4v) is 2.92. The number of ether oxygens (including phenoxy) is 1. The van der Waals surface area contributed by atoms with Gasteiger partial charge in [-0.25, -0.2) is 0 Å². The summed E-state index contributed by atoms with van der Waals surface area (Å²) in [4.78, 5) is 17.6. The Kier molecular flexibility index (Phi) is 5.45. The van der Waals surface area contributed by atoms with Gasteiger partial charge >= 0.3 is 0 Å². The Morgan fingerprint density at radius 2 is 2.16 bits per heavy atom. The van der Waals surface area contributed by atoms with Gasteiger partial charge in [0.2, 0.25) is 11.7 Å². The van der Waals surface area contributed by atoms with Crippen LogP contribution in [0.25, 0.3) is 10.7 Å². The third kappa shape index (κ3) is 4.24. The maximum absolute atomic E-state index is 12.4. The maximum Gasteiger partial charge on any atom is 0.261 e. The van der Waals surface area contributed by atoms with Crippen molar-refractivity contribution in [3.05, 3.63) is 53.2 Å². The van der Waals surface area contributed by atoms with Gasteiger partial charge in [-0.15, -0.1) is 11.3 Å². The van der Waals surface area contributed by atoms with Crippen LogP contribution >= 0.6 is 11.3 Å². The third-order valence-electron chi connectivity index (χ3n) is 3.65. The van der Waals surface area contributed by atoms with Crippen molar-refractivity contribution in [2.45, 2.75) is 32.9 Å². The molecule has 2 heterocycles. The van der Waals surface area contributed by atoms with Gasteiger partial charge in [0.1, 0.15) is 5.75 Å². The molecule has 0 fully saturated rings. The Balaban J connectivity index is 1.58. The van der Waals surface area contributed by atoms with Gasteiger partial charge in [-0.3, -0.25) is 4.79 Å². The van der Waals surface area contributed by atoms with Gasteiger partial charge in [0.15, 0.2) is 6.10 Å². The summed E-state index contributed by atoms with van der Waals surface area (Å²) >= 11 is 1.53. The highest BCUT2D eigenvalue weighted by molar-refractivity contribution is 7.13. The molecule has 0 bridgehead atoms. The first-order chi connectivity index (χ1) is 12.2. The van der Waals surface area contributed by atoms with Crippen molar-refractivity contribution in [2.75, 3.05) is 0 Å². The number of para-hydroxylation sites is 1. The summed E-state index contributed by atoms with van der Waals surface area (Å²) in [5.41, 5.74) is 0.992. The average molecular weight is 357 g/mol. The molecule has 0 spiro atoms. The van der Waals surface area contributed by atoms with E-state index < -0.39 is 6.10 Å². The number of carbonyl (C=O) groups excluding carboxylic acids is 1. The second-order valence-electron chi connectivity index (χ2n) is 5.49. The van der Waals surface area contributed by atoms with Crippen LogP contribution in [-0.4, -0.2) is 22.2 Å². The van der Waals surface area contributed by atoms with Crippen molar-refractivity contribution in [1.82, 2.24) is 15.5 Å². The van der Waals surface area contributed by atoms with Crippen molar-refractivity contribution in [1.29, 1.82) is 0 Å². The van der Waals surface area contributed by atoms with E-state index in [2.05, 4.69) is 15.5 Å². The van der Waals surface area contributed by atoms with Gasteiger partial charge < -0.3 is 14.6 Å². The summed E-state index contributed by atoms with van der Waals surface area (Å²) in [6.07, 6.45) is -0.00875. The van der Waals surface area contributed by atoms with Crippen molar-refractivity contribution >= 4 is 17.2 Å². The molecule has 0 saturated carbocycles. The number of nitrogens with zero attached hydrogens (tertiary/aromatic N) is 2. The Morgan fingerprint density at radius 1 is 1.32 bits per heavy atom. The van der Waals surface area contributed by atoms with E-state index in [1.165, 1.54) is 11.3 Å². The molecule has 3 aromatic rings. The van der Waals surface area contributed by atoms with Crippen molar-refractivity contribution in [3.63, 3.8) is 0 Å². The predicted molar refractivity (Wildman–Crippen MR) is 95.3 cm³/mol. The highest BCUT2D eigenvalue weighted by Crippen LogP contribution is 2.21. The molecule has 1 N–H and O–H groups in total. The summed E-state index contributed by atoms with van der Waals surface area (Å²) in [5.74, 6) is 1.40. The molecule has 1 aromatic carbocycles. The zero-order valence-corrected chi connectivity index (χ0v) is 14.9. The molecule has 1 amide bonds. The fraction of sp³-hybridized carbons (Fsp3) is 0.278. The summed E-state index contributed by atoms with van der Waals surface area (Å²) < 4.78 is 11.0. The van der Waals surface area contributed by atoms with E-state index in [1.54, 1.807) is 0 Å². The van der Waals surface area contributed by atoms with Crippen LogP contribution in [0.2, 0.25) is 0 Å². The molecule has 0 aliphatic rings. The molecule has 2 aromatic heterocycles. The Labute approximate surface area is 149 Å². The number of thiophene rings is 1. The van der Waals surface area contributed by atoms with E-state index in [0.29, 0.717) is 23.9 Å². The van der Waals surface area contributed by atoms with E-state index in [1.807, 2.05) is 55.6 Å². The molecule has 0 aliphatic heterocycles. The second kappa shape index (κ2) is 7.94. The summed E-state index contributed by atoms with van der Waals surface area (Å²) in [6, 6.07) is 11.5. The largest absolute Gasteiger partial charge is 0.480 e. The zero-order valence-electron chi connectivity index (χ0n) is 14.1. The van der Waals surface area contributed by atoms with Crippen LogP contribution < -0.4 is 10.1 Å². The first-order valence-electron chi connectivity index (χ1n) is 8.04.